The van der Waals surface area contributed by atoms with Gasteiger partial charge in [-0.25, -0.2) is 13.6 Å². The van der Waals surface area contributed by atoms with Crippen molar-refractivity contribution < 1.29 is 23.1 Å². The van der Waals surface area contributed by atoms with Gasteiger partial charge in [0.1, 0.15) is 22.7 Å². The van der Waals surface area contributed by atoms with Crippen molar-refractivity contribution in [3.05, 3.63) is 76.3 Å². The van der Waals surface area contributed by atoms with Crippen molar-refractivity contribution in [3.8, 4) is 6.07 Å². The van der Waals surface area contributed by atoms with Gasteiger partial charge in [-0.05, 0) is 55.3 Å². The number of carbonyl (C=O) groups excluding carboxylic acids is 2. The van der Waals surface area contributed by atoms with Crippen LogP contribution in [-0.4, -0.2) is 23.7 Å². The molecule has 1 aliphatic heterocycles. The van der Waals surface area contributed by atoms with E-state index in [1.54, 1.807) is 19.1 Å². The lowest BCUT2D eigenvalue weighted by atomic mass is 10.1. The van der Waals surface area contributed by atoms with Gasteiger partial charge in [0.15, 0.2) is 5.57 Å². The van der Waals surface area contributed by atoms with Gasteiger partial charge in [0.05, 0.1) is 11.9 Å². The Balaban J connectivity index is 2.02. The topological polar surface area (TPSA) is 70.4 Å². The average molecular weight is 414 g/mol. The van der Waals surface area contributed by atoms with Crippen LogP contribution in [0.25, 0.3) is 0 Å². The van der Waals surface area contributed by atoms with Gasteiger partial charge >= 0.3 is 5.97 Å². The summed E-state index contributed by atoms with van der Waals surface area (Å²) >= 11 is 1.06. The van der Waals surface area contributed by atoms with Crippen LogP contribution in [0, 0.1) is 23.0 Å². The van der Waals surface area contributed by atoms with E-state index in [-0.39, 0.29) is 35.4 Å². The predicted octanol–water partition coefficient (Wildman–Crippen LogP) is 3.95. The van der Waals surface area contributed by atoms with Crippen LogP contribution in [0.2, 0.25) is 0 Å². The Labute approximate surface area is 170 Å². The fraction of sp³-hybridized carbons (Fsp3) is 0.190. The number of halogens is 2. The molecule has 0 aromatic heterocycles. The third kappa shape index (κ3) is 4.46. The summed E-state index contributed by atoms with van der Waals surface area (Å²) in [6.07, 6.45) is 0.270. The fourth-order valence-corrected chi connectivity index (χ4v) is 4.13. The highest BCUT2D eigenvalue weighted by Gasteiger charge is 2.41. The van der Waals surface area contributed by atoms with Crippen molar-refractivity contribution >= 4 is 29.3 Å². The molecule has 29 heavy (non-hydrogen) atoms. The van der Waals surface area contributed by atoms with Crippen LogP contribution in [0.1, 0.15) is 12.5 Å². The van der Waals surface area contributed by atoms with Gasteiger partial charge in [-0.3, -0.25) is 9.69 Å². The van der Waals surface area contributed by atoms with E-state index in [9.17, 15) is 23.6 Å². The second-order valence-corrected chi connectivity index (χ2v) is 7.29. The minimum Gasteiger partial charge on any atom is -0.462 e. The SMILES string of the molecule is CCOC(=O)/C(C#N)=C1\SC(Cc2ccc(F)cc2)C(=O)N1c1ccc(F)cc1. The van der Waals surface area contributed by atoms with Gasteiger partial charge in [0.25, 0.3) is 0 Å². The van der Waals surface area contributed by atoms with Crippen molar-refractivity contribution in [2.75, 3.05) is 11.5 Å². The van der Waals surface area contributed by atoms with Crippen LogP contribution in [0.5, 0.6) is 0 Å². The quantitative estimate of drug-likeness (QED) is 0.421. The van der Waals surface area contributed by atoms with E-state index in [0.717, 1.165) is 17.3 Å². The molecule has 1 heterocycles. The molecule has 0 aliphatic carbocycles. The number of carbonyl (C=O) groups is 2. The number of benzene rings is 2. The molecule has 0 N–H and O–H groups in total. The molecule has 1 unspecified atom stereocenters. The summed E-state index contributed by atoms with van der Waals surface area (Å²) in [7, 11) is 0. The predicted molar refractivity (Wildman–Crippen MR) is 105 cm³/mol. The van der Waals surface area contributed by atoms with Crippen LogP contribution in [0.3, 0.4) is 0 Å². The molecule has 2 aromatic rings. The van der Waals surface area contributed by atoms with Crippen molar-refractivity contribution in [2.24, 2.45) is 0 Å². The summed E-state index contributed by atoms with van der Waals surface area (Å²) < 4.78 is 31.4. The van der Waals surface area contributed by atoms with Gasteiger partial charge in [-0.1, -0.05) is 23.9 Å². The smallest absolute Gasteiger partial charge is 0.351 e. The number of rotatable bonds is 5. The molecule has 8 heteroatoms. The number of anilines is 1. The molecule has 1 aliphatic rings. The summed E-state index contributed by atoms with van der Waals surface area (Å²) in [5.74, 6) is -2.06. The first-order chi connectivity index (χ1) is 13.9. The number of thioether (sulfide) groups is 1. The maximum Gasteiger partial charge on any atom is 0.351 e. The molecule has 3 rings (SSSR count). The monoisotopic (exact) mass is 414 g/mol. The molecule has 1 amide bonds. The van der Waals surface area contributed by atoms with E-state index in [1.807, 2.05) is 6.07 Å². The van der Waals surface area contributed by atoms with Crippen molar-refractivity contribution in [3.63, 3.8) is 0 Å². The number of hydrogen-bond donors (Lipinski definition) is 0. The Morgan fingerprint density at radius 3 is 2.28 bits per heavy atom. The number of amides is 1. The third-order valence-corrected chi connectivity index (χ3v) is 5.44. The van der Waals surface area contributed by atoms with Gasteiger partial charge in [-0.2, -0.15) is 5.26 Å². The lowest BCUT2D eigenvalue weighted by Gasteiger charge is -2.18. The number of nitriles is 1. The highest BCUT2D eigenvalue weighted by atomic mass is 32.2. The zero-order valence-corrected chi connectivity index (χ0v) is 16.2. The summed E-state index contributed by atoms with van der Waals surface area (Å²) in [4.78, 5) is 26.6. The lowest BCUT2D eigenvalue weighted by molar-refractivity contribution is -0.138. The highest BCUT2D eigenvalue weighted by Crippen LogP contribution is 2.42. The van der Waals surface area contributed by atoms with E-state index in [2.05, 4.69) is 0 Å². The Bertz CT molecular complexity index is 998. The van der Waals surface area contributed by atoms with Crippen molar-refractivity contribution in [1.29, 1.82) is 5.26 Å². The molecular formula is C21H16F2N2O3S. The Kier molecular flexibility index (Phi) is 6.29. The number of hydrogen-bond acceptors (Lipinski definition) is 5. The van der Waals surface area contributed by atoms with Crippen molar-refractivity contribution in [2.45, 2.75) is 18.6 Å². The maximum atomic E-state index is 13.3. The molecule has 0 bridgehead atoms. The number of ether oxygens (including phenoxy) is 1. The third-order valence-electron chi connectivity index (χ3n) is 4.18. The number of nitrogens with zero attached hydrogens (tertiary/aromatic N) is 2. The molecule has 1 saturated heterocycles. The van der Waals surface area contributed by atoms with Crippen LogP contribution in [-0.2, 0) is 20.7 Å². The fourth-order valence-electron chi connectivity index (χ4n) is 2.83. The first kappa shape index (κ1) is 20.6. The van der Waals surface area contributed by atoms with Crippen LogP contribution < -0.4 is 4.90 Å². The molecular weight excluding hydrogens is 398 g/mol. The van der Waals surface area contributed by atoms with Gasteiger partial charge < -0.3 is 4.74 Å². The molecule has 1 fully saturated rings. The maximum absolute atomic E-state index is 13.3. The second-order valence-electron chi connectivity index (χ2n) is 6.10. The first-order valence-electron chi connectivity index (χ1n) is 8.76. The zero-order chi connectivity index (χ0) is 21.0. The summed E-state index contributed by atoms with van der Waals surface area (Å²) in [5.41, 5.74) is 0.765. The molecule has 2 aromatic carbocycles. The van der Waals surface area contributed by atoms with Gasteiger partial charge in [0.2, 0.25) is 5.91 Å². The minimum absolute atomic E-state index is 0.0749. The van der Waals surface area contributed by atoms with Crippen molar-refractivity contribution in [1.82, 2.24) is 0 Å². The molecule has 0 radical (unpaired) electrons. The van der Waals surface area contributed by atoms with E-state index >= 15 is 0 Å². The summed E-state index contributed by atoms with van der Waals surface area (Å²) in [6.45, 7) is 1.69. The molecule has 1 atom stereocenters. The van der Waals surface area contributed by atoms with Gasteiger partial charge in [0, 0.05) is 5.69 Å². The molecule has 0 spiro atoms. The minimum atomic E-state index is -0.833. The Morgan fingerprint density at radius 1 is 1.14 bits per heavy atom. The molecule has 0 saturated carbocycles. The van der Waals surface area contributed by atoms with Crippen LogP contribution in [0.4, 0.5) is 14.5 Å². The normalized spacial score (nSPS) is 17.8. The standard InChI is InChI=1S/C21H16F2N2O3S/c1-2-28-21(27)17(12-24)20-25(16-9-7-15(23)8-10-16)19(26)18(29-20)11-13-3-5-14(22)6-4-13/h3-10,18H,2,11H2,1H3/b20-17-. The Hall–Kier alpha value is -3.18. The van der Waals surface area contributed by atoms with E-state index < -0.39 is 17.0 Å². The average Bonchev–Trinajstić information content (AvgIpc) is 3.01. The largest absolute Gasteiger partial charge is 0.462 e. The zero-order valence-electron chi connectivity index (χ0n) is 15.4. The summed E-state index contributed by atoms with van der Waals surface area (Å²) in [5, 5.41) is 9.02. The lowest BCUT2D eigenvalue weighted by Crippen LogP contribution is -2.30. The van der Waals surface area contributed by atoms with E-state index in [4.69, 9.17) is 4.74 Å². The first-order valence-corrected chi connectivity index (χ1v) is 9.64. The molecule has 5 nitrogen and oxygen atoms in total. The highest BCUT2D eigenvalue weighted by molar-refractivity contribution is 8.05. The number of esters is 1. The molecule has 148 valence electrons. The summed E-state index contributed by atoms with van der Waals surface area (Å²) in [6, 6.07) is 12.7. The van der Waals surface area contributed by atoms with Gasteiger partial charge in [-0.15, -0.1) is 0 Å². The second kappa shape index (κ2) is 8.88. The Morgan fingerprint density at radius 2 is 1.72 bits per heavy atom. The van der Waals surface area contributed by atoms with Crippen LogP contribution >= 0.6 is 11.8 Å². The van der Waals surface area contributed by atoms with E-state index in [0.29, 0.717) is 5.69 Å². The van der Waals surface area contributed by atoms with E-state index in [1.165, 1.54) is 41.3 Å². The van der Waals surface area contributed by atoms with Crippen LogP contribution in [0.15, 0.2) is 59.1 Å².